The number of anilines is 1. The van der Waals surface area contributed by atoms with Gasteiger partial charge in [0.05, 0.1) is 19.3 Å². The first kappa shape index (κ1) is 24.9. The fourth-order valence-electron chi connectivity index (χ4n) is 4.13. The minimum absolute atomic E-state index is 0.0790. The number of halogens is 1. The summed E-state index contributed by atoms with van der Waals surface area (Å²) in [5, 5.41) is 4.71. The maximum Gasteiger partial charge on any atom is 0.408 e. The molecular formula is C27H29BrN2O5. The van der Waals surface area contributed by atoms with E-state index in [4.69, 9.17) is 14.2 Å². The van der Waals surface area contributed by atoms with E-state index in [0.717, 1.165) is 26.4 Å². The first-order valence-electron chi connectivity index (χ1n) is 11.3. The lowest BCUT2D eigenvalue weighted by Gasteiger charge is -2.27. The van der Waals surface area contributed by atoms with Crippen molar-refractivity contribution in [2.75, 3.05) is 18.6 Å². The van der Waals surface area contributed by atoms with Gasteiger partial charge in [0.1, 0.15) is 18.1 Å². The van der Waals surface area contributed by atoms with Gasteiger partial charge in [0, 0.05) is 15.6 Å². The Balaban J connectivity index is 1.77. The fraction of sp³-hybridized carbons (Fsp3) is 0.333. The normalized spacial score (nSPS) is 15.8. The number of aryl methyl sites for hydroxylation is 1. The van der Waals surface area contributed by atoms with Crippen LogP contribution in [0.1, 0.15) is 31.9 Å². The topological polar surface area (TPSA) is 77.1 Å². The molecule has 184 valence electrons. The van der Waals surface area contributed by atoms with Gasteiger partial charge in [-0.3, -0.25) is 4.79 Å². The Morgan fingerprint density at radius 2 is 1.97 bits per heavy atom. The van der Waals surface area contributed by atoms with E-state index in [1.165, 1.54) is 0 Å². The number of nitrogens with one attached hydrogen (secondary N) is 1. The minimum Gasteiger partial charge on any atom is -0.496 e. The second-order valence-electron chi connectivity index (χ2n) is 9.54. The molecule has 3 aromatic rings. The molecule has 3 aromatic carbocycles. The summed E-state index contributed by atoms with van der Waals surface area (Å²) in [4.78, 5) is 27.9. The molecule has 0 fully saturated rings. The highest BCUT2D eigenvalue weighted by Crippen LogP contribution is 2.38. The van der Waals surface area contributed by atoms with Crippen molar-refractivity contribution in [3.63, 3.8) is 0 Å². The Bertz CT molecular complexity index is 1280. The lowest BCUT2D eigenvalue weighted by atomic mass is 10.0. The highest BCUT2D eigenvalue weighted by molar-refractivity contribution is 9.10. The second kappa shape index (κ2) is 9.77. The molecule has 8 heteroatoms. The third-order valence-electron chi connectivity index (χ3n) is 5.72. The van der Waals surface area contributed by atoms with Gasteiger partial charge in [-0.2, -0.15) is 0 Å². The van der Waals surface area contributed by atoms with Crippen LogP contribution in [0.5, 0.6) is 11.5 Å². The van der Waals surface area contributed by atoms with E-state index in [0.29, 0.717) is 17.2 Å². The first-order valence-corrected chi connectivity index (χ1v) is 12.1. The SMILES string of the molecule is COc1ccc2cc(Br)ccc2c1CN1C(=O)C(OC(=O)NC(C)(C)C)COc2c(C)cccc21. The number of rotatable bonds is 4. The fourth-order valence-corrected chi connectivity index (χ4v) is 4.51. The van der Waals surface area contributed by atoms with Crippen LogP contribution in [0.2, 0.25) is 0 Å². The molecule has 0 bridgehead atoms. The summed E-state index contributed by atoms with van der Waals surface area (Å²) in [6.45, 7) is 7.58. The molecule has 1 unspecified atom stereocenters. The number of benzene rings is 3. The zero-order valence-corrected chi connectivity index (χ0v) is 22.1. The first-order chi connectivity index (χ1) is 16.6. The summed E-state index contributed by atoms with van der Waals surface area (Å²) in [5.74, 6) is 0.884. The second-order valence-corrected chi connectivity index (χ2v) is 10.5. The highest BCUT2D eigenvalue weighted by atomic mass is 79.9. The molecule has 7 nitrogen and oxygen atoms in total. The van der Waals surface area contributed by atoms with Crippen LogP contribution in [-0.2, 0) is 16.1 Å². The molecule has 2 amide bonds. The number of para-hydroxylation sites is 1. The third kappa shape index (κ3) is 5.37. The number of hydrogen-bond donors (Lipinski definition) is 1. The number of nitrogens with zero attached hydrogens (tertiary/aromatic N) is 1. The van der Waals surface area contributed by atoms with Crippen molar-refractivity contribution in [1.29, 1.82) is 0 Å². The summed E-state index contributed by atoms with van der Waals surface area (Å²) >= 11 is 3.52. The third-order valence-corrected chi connectivity index (χ3v) is 6.21. The van der Waals surface area contributed by atoms with Gasteiger partial charge in [-0.25, -0.2) is 4.79 Å². The van der Waals surface area contributed by atoms with Crippen LogP contribution in [0.4, 0.5) is 10.5 Å². The van der Waals surface area contributed by atoms with Crippen LogP contribution in [0.3, 0.4) is 0 Å². The van der Waals surface area contributed by atoms with E-state index in [9.17, 15) is 9.59 Å². The molecule has 0 saturated carbocycles. The lowest BCUT2D eigenvalue weighted by molar-refractivity contribution is -0.128. The molecule has 0 aromatic heterocycles. The van der Waals surface area contributed by atoms with Crippen LogP contribution >= 0.6 is 15.9 Å². The van der Waals surface area contributed by atoms with Gasteiger partial charge in [-0.05, 0) is 68.3 Å². The summed E-state index contributed by atoms with van der Waals surface area (Å²) in [7, 11) is 1.61. The summed E-state index contributed by atoms with van der Waals surface area (Å²) in [5.41, 5.74) is 1.84. The van der Waals surface area contributed by atoms with Crippen molar-refractivity contribution >= 4 is 44.4 Å². The van der Waals surface area contributed by atoms with Gasteiger partial charge in [0.2, 0.25) is 6.10 Å². The number of ether oxygens (including phenoxy) is 3. The Morgan fingerprint density at radius 1 is 1.20 bits per heavy atom. The van der Waals surface area contributed by atoms with Gasteiger partial charge < -0.3 is 24.4 Å². The van der Waals surface area contributed by atoms with Crippen molar-refractivity contribution in [3.8, 4) is 11.5 Å². The molecule has 1 atom stereocenters. The number of fused-ring (bicyclic) bond motifs is 2. The minimum atomic E-state index is -1.11. The maximum absolute atomic E-state index is 13.8. The van der Waals surface area contributed by atoms with E-state index >= 15 is 0 Å². The zero-order chi connectivity index (χ0) is 25.3. The van der Waals surface area contributed by atoms with Crippen molar-refractivity contribution in [2.24, 2.45) is 0 Å². The molecule has 0 radical (unpaired) electrons. The van der Waals surface area contributed by atoms with Gasteiger partial charge in [-0.1, -0.05) is 40.2 Å². The van der Waals surface area contributed by atoms with Gasteiger partial charge in [0.25, 0.3) is 5.91 Å². The number of alkyl carbamates (subject to hydrolysis) is 1. The average Bonchev–Trinajstić information content (AvgIpc) is 2.90. The van der Waals surface area contributed by atoms with Crippen LogP contribution in [0.25, 0.3) is 10.8 Å². The van der Waals surface area contributed by atoms with E-state index < -0.39 is 17.7 Å². The Hall–Kier alpha value is -3.26. The number of carbonyl (C=O) groups excluding carboxylic acids is 2. The van der Waals surface area contributed by atoms with Crippen molar-refractivity contribution < 1.29 is 23.8 Å². The monoisotopic (exact) mass is 540 g/mol. The Labute approximate surface area is 213 Å². The molecule has 0 saturated heterocycles. The number of hydrogen-bond acceptors (Lipinski definition) is 5. The van der Waals surface area contributed by atoms with Crippen LogP contribution in [0, 0.1) is 6.92 Å². The smallest absolute Gasteiger partial charge is 0.408 e. The number of methoxy groups -OCH3 is 1. The molecule has 1 N–H and O–H groups in total. The Kier molecular flexibility index (Phi) is 6.94. The quantitative estimate of drug-likeness (QED) is 0.456. The van der Waals surface area contributed by atoms with Crippen molar-refractivity contribution in [2.45, 2.75) is 45.9 Å². The molecule has 0 spiro atoms. The van der Waals surface area contributed by atoms with Crippen LogP contribution < -0.4 is 19.7 Å². The predicted octanol–water partition coefficient (Wildman–Crippen LogP) is 5.74. The molecule has 1 aliphatic heterocycles. The van der Waals surface area contributed by atoms with E-state index in [-0.39, 0.29) is 19.1 Å². The summed E-state index contributed by atoms with van der Waals surface area (Å²) < 4.78 is 18.2. The van der Waals surface area contributed by atoms with Crippen molar-refractivity contribution in [1.82, 2.24) is 5.32 Å². The maximum atomic E-state index is 13.8. The van der Waals surface area contributed by atoms with Gasteiger partial charge in [0.15, 0.2) is 0 Å². The number of carbonyl (C=O) groups is 2. The van der Waals surface area contributed by atoms with E-state index in [1.54, 1.807) is 12.0 Å². The Morgan fingerprint density at radius 3 is 2.69 bits per heavy atom. The summed E-state index contributed by atoms with van der Waals surface area (Å²) in [6, 6.07) is 15.5. The molecule has 1 aliphatic rings. The standard InChI is InChI=1S/C27H29BrN2O5/c1-16-7-6-8-21-24(16)34-15-23(35-26(32)29-27(2,3)4)25(31)30(21)14-20-19-11-10-18(28)13-17(19)9-12-22(20)33-5/h6-13,23H,14-15H2,1-5H3,(H,29,32). The van der Waals surface area contributed by atoms with Gasteiger partial charge >= 0.3 is 6.09 Å². The van der Waals surface area contributed by atoms with Crippen LogP contribution in [-0.4, -0.2) is 37.4 Å². The average molecular weight is 541 g/mol. The van der Waals surface area contributed by atoms with Crippen LogP contribution in [0.15, 0.2) is 53.0 Å². The summed E-state index contributed by atoms with van der Waals surface area (Å²) in [6.07, 6.45) is -1.78. The molecule has 1 heterocycles. The van der Waals surface area contributed by atoms with Crippen molar-refractivity contribution in [3.05, 3.63) is 64.1 Å². The molecule has 4 rings (SSSR count). The molecule has 35 heavy (non-hydrogen) atoms. The number of amides is 2. The van der Waals surface area contributed by atoms with E-state index in [1.807, 2.05) is 76.2 Å². The highest BCUT2D eigenvalue weighted by Gasteiger charge is 2.36. The predicted molar refractivity (Wildman–Crippen MR) is 139 cm³/mol. The lowest BCUT2D eigenvalue weighted by Crippen LogP contribution is -2.47. The zero-order valence-electron chi connectivity index (χ0n) is 20.5. The largest absolute Gasteiger partial charge is 0.496 e. The molecular weight excluding hydrogens is 512 g/mol. The van der Waals surface area contributed by atoms with Gasteiger partial charge in [-0.15, -0.1) is 0 Å². The molecule has 0 aliphatic carbocycles. The van der Waals surface area contributed by atoms with E-state index in [2.05, 4.69) is 21.2 Å².